The lowest BCUT2D eigenvalue weighted by atomic mass is 10.0. The second-order valence-corrected chi connectivity index (χ2v) is 6.57. The fourth-order valence-corrected chi connectivity index (χ4v) is 2.96. The van der Waals surface area contributed by atoms with E-state index in [2.05, 4.69) is 29.6 Å². The summed E-state index contributed by atoms with van der Waals surface area (Å²) in [6.07, 6.45) is 0.862. The molecule has 1 N–H and O–H groups in total. The van der Waals surface area contributed by atoms with E-state index in [1.165, 1.54) is 16.3 Å². The number of benzene rings is 3. The minimum absolute atomic E-state index is 0.00462. The summed E-state index contributed by atoms with van der Waals surface area (Å²) in [6.45, 7) is 2.66. The number of carbonyl (C=O) groups excluding carboxylic acids is 1. The van der Waals surface area contributed by atoms with E-state index in [4.69, 9.17) is 9.47 Å². The summed E-state index contributed by atoms with van der Waals surface area (Å²) in [6, 6.07) is 22.1. The molecule has 0 saturated carbocycles. The first-order valence-corrected chi connectivity index (χ1v) is 9.14. The Labute approximate surface area is 160 Å². The topological polar surface area (TPSA) is 47.6 Å². The lowest BCUT2D eigenvalue weighted by Crippen LogP contribution is -2.31. The van der Waals surface area contributed by atoms with Crippen LogP contribution in [0.1, 0.15) is 24.1 Å². The molecule has 0 heterocycles. The zero-order chi connectivity index (χ0) is 19.1. The molecule has 0 aliphatic heterocycles. The largest absolute Gasteiger partial charge is 0.484 e. The van der Waals surface area contributed by atoms with Crippen LogP contribution in [0.3, 0.4) is 0 Å². The Morgan fingerprint density at radius 2 is 1.74 bits per heavy atom. The molecule has 1 atom stereocenters. The maximum atomic E-state index is 12.2. The molecule has 0 radical (unpaired) electrons. The van der Waals surface area contributed by atoms with Gasteiger partial charge in [-0.1, -0.05) is 48.5 Å². The second kappa shape index (κ2) is 9.19. The van der Waals surface area contributed by atoms with Crippen molar-refractivity contribution >= 4 is 16.7 Å². The van der Waals surface area contributed by atoms with E-state index in [1.54, 1.807) is 7.11 Å². The van der Waals surface area contributed by atoms with E-state index < -0.39 is 0 Å². The Morgan fingerprint density at radius 3 is 2.48 bits per heavy atom. The van der Waals surface area contributed by atoms with Crippen LogP contribution in [0.5, 0.6) is 5.75 Å². The SMILES string of the molecule is COCCc1ccc(OCC(=O)NC(C)c2ccc3ccccc3c2)cc1. The van der Waals surface area contributed by atoms with Crippen molar-refractivity contribution in [1.82, 2.24) is 5.32 Å². The van der Waals surface area contributed by atoms with E-state index in [9.17, 15) is 4.79 Å². The molecule has 27 heavy (non-hydrogen) atoms. The van der Waals surface area contributed by atoms with E-state index in [0.717, 1.165) is 12.0 Å². The van der Waals surface area contributed by atoms with Gasteiger partial charge in [-0.15, -0.1) is 0 Å². The number of hydrogen-bond donors (Lipinski definition) is 1. The molecule has 4 nitrogen and oxygen atoms in total. The lowest BCUT2D eigenvalue weighted by Gasteiger charge is -2.15. The van der Waals surface area contributed by atoms with Gasteiger partial charge in [0.05, 0.1) is 12.6 Å². The smallest absolute Gasteiger partial charge is 0.258 e. The van der Waals surface area contributed by atoms with E-state index >= 15 is 0 Å². The number of nitrogens with one attached hydrogen (secondary N) is 1. The van der Waals surface area contributed by atoms with E-state index in [0.29, 0.717) is 12.4 Å². The van der Waals surface area contributed by atoms with Crippen LogP contribution < -0.4 is 10.1 Å². The van der Waals surface area contributed by atoms with Gasteiger partial charge in [-0.3, -0.25) is 4.79 Å². The molecule has 0 saturated heterocycles. The maximum absolute atomic E-state index is 12.2. The first kappa shape index (κ1) is 18.9. The van der Waals surface area contributed by atoms with Gasteiger partial charge in [-0.25, -0.2) is 0 Å². The van der Waals surface area contributed by atoms with Crippen LogP contribution in [0.4, 0.5) is 0 Å². The highest BCUT2D eigenvalue weighted by atomic mass is 16.5. The Bertz CT molecular complexity index is 890. The van der Waals surface area contributed by atoms with Crippen molar-refractivity contribution < 1.29 is 14.3 Å². The fraction of sp³-hybridized carbons (Fsp3) is 0.261. The zero-order valence-electron chi connectivity index (χ0n) is 15.8. The van der Waals surface area contributed by atoms with Gasteiger partial charge in [0.25, 0.3) is 5.91 Å². The average Bonchev–Trinajstić information content (AvgIpc) is 2.71. The summed E-state index contributed by atoms with van der Waals surface area (Å²) in [5.74, 6) is 0.545. The van der Waals surface area contributed by atoms with Gasteiger partial charge >= 0.3 is 0 Å². The quantitative estimate of drug-likeness (QED) is 0.650. The summed E-state index contributed by atoms with van der Waals surface area (Å²) in [5.41, 5.74) is 2.25. The third-order valence-electron chi connectivity index (χ3n) is 4.54. The molecule has 3 aromatic rings. The highest BCUT2D eigenvalue weighted by molar-refractivity contribution is 5.83. The van der Waals surface area contributed by atoms with Crippen molar-refractivity contribution in [1.29, 1.82) is 0 Å². The number of amides is 1. The van der Waals surface area contributed by atoms with Gasteiger partial charge < -0.3 is 14.8 Å². The van der Waals surface area contributed by atoms with Crippen LogP contribution in [0.2, 0.25) is 0 Å². The van der Waals surface area contributed by atoms with Gasteiger partial charge in [0.15, 0.2) is 6.61 Å². The van der Waals surface area contributed by atoms with Crippen LogP contribution in [0.15, 0.2) is 66.7 Å². The van der Waals surface area contributed by atoms with E-state index in [-0.39, 0.29) is 18.6 Å². The monoisotopic (exact) mass is 363 g/mol. The number of rotatable bonds is 8. The summed E-state index contributed by atoms with van der Waals surface area (Å²) in [7, 11) is 1.69. The number of fused-ring (bicyclic) bond motifs is 1. The highest BCUT2D eigenvalue weighted by Gasteiger charge is 2.11. The Morgan fingerprint density at radius 1 is 1.00 bits per heavy atom. The molecule has 0 spiro atoms. The molecule has 1 amide bonds. The van der Waals surface area contributed by atoms with Gasteiger partial charge in [-0.2, -0.15) is 0 Å². The van der Waals surface area contributed by atoms with Gasteiger partial charge in [0, 0.05) is 7.11 Å². The van der Waals surface area contributed by atoms with Crippen molar-refractivity contribution in [3.8, 4) is 5.75 Å². The number of hydrogen-bond acceptors (Lipinski definition) is 3. The molecule has 3 rings (SSSR count). The standard InChI is InChI=1S/C23H25NO3/c1-17(20-10-9-19-5-3-4-6-21(19)15-20)24-23(25)16-27-22-11-7-18(8-12-22)13-14-26-2/h3-12,15,17H,13-14,16H2,1-2H3,(H,24,25). The maximum Gasteiger partial charge on any atom is 0.258 e. The average molecular weight is 363 g/mol. The number of ether oxygens (including phenoxy) is 2. The molecule has 0 bridgehead atoms. The molecule has 0 fully saturated rings. The van der Waals surface area contributed by atoms with Crippen LogP contribution in [-0.4, -0.2) is 26.2 Å². The number of carbonyl (C=O) groups is 1. The molecular weight excluding hydrogens is 338 g/mol. The number of methoxy groups -OCH3 is 1. The predicted octanol–water partition coefficient (Wildman–Crippen LogP) is 4.28. The molecule has 0 aliphatic rings. The molecule has 1 unspecified atom stereocenters. The Hall–Kier alpha value is -2.85. The van der Waals surface area contributed by atoms with Crippen molar-refractivity contribution in [2.75, 3.05) is 20.3 Å². The first-order chi connectivity index (χ1) is 13.2. The molecule has 0 aromatic heterocycles. The summed E-state index contributed by atoms with van der Waals surface area (Å²) in [4.78, 5) is 12.2. The zero-order valence-corrected chi connectivity index (χ0v) is 15.8. The van der Waals surface area contributed by atoms with Crippen molar-refractivity contribution in [3.63, 3.8) is 0 Å². The molecule has 4 heteroatoms. The summed E-state index contributed by atoms with van der Waals surface area (Å²) in [5, 5.41) is 5.35. The van der Waals surface area contributed by atoms with Crippen LogP contribution in [0.25, 0.3) is 10.8 Å². The van der Waals surface area contributed by atoms with Crippen molar-refractivity contribution in [2.45, 2.75) is 19.4 Å². The third-order valence-corrected chi connectivity index (χ3v) is 4.54. The van der Waals surface area contributed by atoms with Crippen molar-refractivity contribution in [2.24, 2.45) is 0 Å². The van der Waals surface area contributed by atoms with E-state index in [1.807, 2.05) is 49.4 Å². The summed E-state index contributed by atoms with van der Waals surface area (Å²) >= 11 is 0. The Kier molecular flexibility index (Phi) is 6.44. The normalized spacial score (nSPS) is 11.9. The first-order valence-electron chi connectivity index (χ1n) is 9.14. The van der Waals surface area contributed by atoms with Crippen molar-refractivity contribution in [3.05, 3.63) is 77.9 Å². The third kappa shape index (κ3) is 5.31. The van der Waals surface area contributed by atoms with Gasteiger partial charge in [0.2, 0.25) is 0 Å². The second-order valence-electron chi connectivity index (χ2n) is 6.57. The van der Waals surface area contributed by atoms with Crippen LogP contribution in [0, 0.1) is 0 Å². The fourth-order valence-electron chi connectivity index (χ4n) is 2.96. The van der Waals surface area contributed by atoms with Gasteiger partial charge in [0.1, 0.15) is 5.75 Å². The summed E-state index contributed by atoms with van der Waals surface area (Å²) < 4.78 is 10.7. The highest BCUT2D eigenvalue weighted by Crippen LogP contribution is 2.20. The minimum Gasteiger partial charge on any atom is -0.484 e. The minimum atomic E-state index is -0.140. The van der Waals surface area contributed by atoms with Gasteiger partial charge in [-0.05, 0) is 53.4 Å². The molecule has 140 valence electrons. The molecule has 3 aromatic carbocycles. The predicted molar refractivity (Wildman–Crippen MR) is 108 cm³/mol. The Balaban J connectivity index is 1.52. The van der Waals surface area contributed by atoms with Crippen LogP contribution >= 0.6 is 0 Å². The molecular formula is C23H25NO3. The lowest BCUT2D eigenvalue weighted by molar-refractivity contribution is -0.123. The molecule has 0 aliphatic carbocycles. The van der Waals surface area contributed by atoms with Crippen LogP contribution in [-0.2, 0) is 16.0 Å².